The van der Waals surface area contributed by atoms with E-state index in [0.29, 0.717) is 12.3 Å². The Morgan fingerprint density at radius 2 is 2.03 bits per heavy atom. The predicted molar refractivity (Wildman–Crippen MR) is 110 cm³/mol. The van der Waals surface area contributed by atoms with Gasteiger partial charge in [0.05, 0.1) is 21.8 Å². The van der Waals surface area contributed by atoms with Gasteiger partial charge < -0.3 is 5.32 Å². The fourth-order valence-electron chi connectivity index (χ4n) is 3.79. The van der Waals surface area contributed by atoms with Gasteiger partial charge in [0.2, 0.25) is 0 Å². The lowest BCUT2D eigenvalue weighted by Gasteiger charge is -2.30. The van der Waals surface area contributed by atoms with Crippen LogP contribution in [0, 0.1) is 0 Å². The molecule has 29 heavy (non-hydrogen) atoms. The van der Waals surface area contributed by atoms with E-state index >= 15 is 0 Å². The zero-order valence-corrected chi connectivity index (χ0v) is 17.4. The molecule has 0 bridgehead atoms. The van der Waals surface area contributed by atoms with Crippen LogP contribution in [0.3, 0.4) is 0 Å². The van der Waals surface area contributed by atoms with Crippen LogP contribution >= 0.6 is 11.3 Å². The Labute approximate surface area is 173 Å². The Hall–Kier alpha value is -2.52. The molecule has 1 aromatic carbocycles. The summed E-state index contributed by atoms with van der Waals surface area (Å²) in [7, 11) is 0. The number of carbonyl (C=O) groups is 3. The predicted octanol–water partition coefficient (Wildman–Crippen LogP) is 2.23. The van der Waals surface area contributed by atoms with Crippen molar-refractivity contribution in [2.45, 2.75) is 44.6 Å². The second-order valence-corrected chi connectivity index (χ2v) is 8.92. The number of piperidine rings is 1. The highest BCUT2D eigenvalue weighted by Gasteiger charge is 2.47. The van der Waals surface area contributed by atoms with Crippen LogP contribution in [0.1, 0.15) is 44.0 Å². The minimum absolute atomic E-state index is 0.159. The molecule has 8 nitrogen and oxygen atoms in total. The molecule has 2 N–H and O–H groups in total. The van der Waals surface area contributed by atoms with Crippen molar-refractivity contribution in [3.63, 3.8) is 0 Å². The van der Waals surface area contributed by atoms with E-state index in [1.165, 1.54) is 4.70 Å². The molecule has 0 aliphatic carbocycles. The molecule has 2 aromatic rings. The minimum Gasteiger partial charge on any atom is -0.322 e. The molecule has 0 saturated carbocycles. The summed E-state index contributed by atoms with van der Waals surface area (Å²) in [6, 6.07) is 7.58. The first-order valence-corrected chi connectivity index (χ1v) is 10.8. The largest absolute Gasteiger partial charge is 0.344 e. The van der Waals surface area contributed by atoms with Crippen molar-refractivity contribution >= 4 is 39.4 Å². The van der Waals surface area contributed by atoms with E-state index < -0.39 is 17.5 Å². The quantitative estimate of drug-likeness (QED) is 0.731. The highest BCUT2D eigenvalue weighted by atomic mass is 32.1. The standard InChI is InChI=1S/C20H25N5O3S/c1-3-20(2)18(27)25(19(28)22-20)23-16(26)12-24-10-8-13(9-11-24)17-21-14-6-4-5-7-15(14)29-17/h4-7,13H,3,8-12H2,1-2H3,(H,22,28)(H,23,26). The highest BCUT2D eigenvalue weighted by molar-refractivity contribution is 7.18. The average molecular weight is 416 g/mol. The molecule has 1 unspecified atom stereocenters. The number of thiazole rings is 1. The number of hydrogen-bond acceptors (Lipinski definition) is 6. The topological polar surface area (TPSA) is 94.6 Å². The second-order valence-electron chi connectivity index (χ2n) is 7.86. The van der Waals surface area contributed by atoms with Gasteiger partial charge in [-0.05, 0) is 51.4 Å². The molecule has 2 fully saturated rings. The average Bonchev–Trinajstić information content (AvgIpc) is 3.24. The first kappa shape index (κ1) is 19.8. The first-order chi connectivity index (χ1) is 13.9. The maximum Gasteiger partial charge on any atom is 0.344 e. The summed E-state index contributed by atoms with van der Waals surface area (Å²) in [6.45, 7) is 5.19. The number of imide groups is 1. The molecular weight excluding hydrogens is 390 g/mol. The van der Waals surface area contributed by atoms with Gasteiger partial charge in [-0.2, -0.15) is 5.01 Å². The number of aromatic nitrogens is 1. The van der Waals surface area contributed by atoms with E-state index in [1.807, 2.05) is 25.1 Å². The summed E-state index contributed by atoms with van der Waals surface area (Å²) in [5, 5.41) is 4.59. The third kappa shape index (κ3) is 3.84. The van der Waals surface area contributed by atoms with Crippen LogP contribution in [-0.4, -0.2) is 57.9 Å². The molecule has 0 spiro atoms. The third-order valence-corrected chi connectivity index (χ3v) is 7.02. The Morgan fingerprint density at radius 3 is 2.69 bits per heavy atom. The van der Waals surface area contributed by atoms with Crippen molar-refractivity contribution < 1.29 is 14.4 Å². The molecule has 1 aromatic heterocycles. The zero-order valence-electron chi connectivity index (χ0n) is 16.6. The molecule has 2 aliphatic rings. The number of benzene rings is 1. The van der Waals surface area contributed by atoms with Crippen LogP contribution in [0.25, 0.3) is 10.2 Å². The summed E-state index contributed by atoms with van der Waals surface area (Å²) in [5.41, 5.74) is 2.54. The number of fused-ring (bicyclic) bond motifs is 1. The van der Waals surface area contributed by atoms with Gasteiger partial charge in [0.25, 0.3) is 11.8 Å². The number of nitrogens with one attached hydrogen (secondary N) is 2. The lowest BCUT2D eigenvalue weighted by atomic mass is 9.97. The van der Waals surface area contributed by atoms with Gasteiger partial charge in [-0.1, -0.05) is 19.1 Å². The van der Waals surface area contributed by atoms with Gasteiger partial charge in [0.15, 0.2) is 0 Å². The number of para-hydroxylation sites is 1. The number of urea groups is 1. The monoisotopic (exact) mass is 415 g/mol. The van der Waals surface area contributed by atoms with Gasteiger partial charge >= 0.3 is 6.03 Å². The molecule has 9 heteroatoms. The summed E-state index contributed by atoms with van der Waals surface area (Å²) >= 11 is 1.75. The molecule has 4 amide bonds. The molecule has 1 atom stereocenters. The second kappa shape index (κ2) is 7.72. The van der Waals surface area contributed by atoms with Crippen molar-refractivity contribution in [2.24, 2.45) is 0 Å². The number of rotatable bonds is 5. The van der Waals surface area contributed by atoms with E-state index in [0.717, 1.165) is 41.5 Å². The summed E-state index contributed by atoms with van der Waals surface area (Å²) in [6.07, 6.45) is 2.33. The molecule has 154 valence electrons. The Balaban J connectivity index is 1.30. The third-order valence-electron chi connectivity index (χ3n) is 5.82. The lowest BCUT2D eigenvalue weighted by molar-refractivity contribution is -0.139. The van der Waals surface area contributed by atoms with E-state index in [9.17, 15) is 14.4 Å². The highest BCUT2D eigenvalue weighted by Crippen LogP contribution is 2.33. The number of carbonyl (C=O) groups excluding carboxylic acids is 3. The number of nitrogens with zero attached hydrogens (tertiary/aromatic N) is 3. The molecule has 2 aliphatic heterocycles. The van der Waals surface area contributed by atoms with E-state index in [-0.39, 0.29) is 12.5 Å². The van der Waals surface area contributed by atoms with E-state index in [1.54, 1.807) is 18.3 Å². The molecule has 2 saturated heterocycles. The summed E-state index contributed by atoms with van der Waals surface area (Å²) in [4.78, 5) is 43.6. The smallest absolute Gasteiger partial charge is 0.322 e. The maximum absolute atomic E-state index is 12.4. The molecule has 4 rings (SSSR count). The SMILES string of the molecule is CCC1(C)NC(=O)N(NC(=O)CN2CCC(c3nc4ccccc4s3)CC2)C1=O. The van der Waals surface area contributed by atoms with Crippen molar-refractivity contribution in [3.8, 4) is 0 Å². The van der Waals surface area contributed by atoms with Crippen LogP contribution < -0.4 is 10.7 Å². The number of likely N-dealkylation sites (tertiary alicyclic amines) is 1. The minimum atomic E-state index is -0.958. The van der Waals surface area contributed by atoms with Gasteiger partial charge in [-0.15, -0.1) is 11.3 Å². The van der Waals surface area contributed by atoms with Gasteiger partial charge in [-0.25, -0.2) is 9.78 Å². The first-order valence-electron chi connectivity index (χ1n) is 9.93. The van der Waals surface area contributed by atoms with Gasteiger partial charge in [0.1, 0.15) is 5.54 Å². The molecule has 0 radical (unpaired) electrons. The van der Waals surface area contributed by atoms with Crippen LogP contribution in [0.4, 0.5) is 4.79 Å². The molecular formula is C20H25N5O3S. The van der Waals surface area contributed by atoms with Crippen molar-refractivity contribution in [1.82, 2.24) is 25.6 Å². The van der Waals surface area contributed by atoms with Crippen LogP contribution in [-0.2, 0) is 9.59 Å². The Kier molecular flexibility index (Phi) is 5.26. The van der Waals surface area contributed by atoms with Crippen molar-refractivity contribution in [2.75, 3.05) is 19.6 Å². The fourth-order valence-corrected chi connectivity index (χ4v) is 4.93. The van der Waals surface area contributed by atoms with Gasteiger partial charge in [-0.3, -0.25) is 19.9 Å². The fraction of sp³-hybridized carbons (Fsp3) is 0.500. The normalized spacial score (nSPS) is 23.6. The maximum atomic E-state index is 12.4. The lowest BCUT2D eigenvalue weighted by Crippen LogP contribution is -2.51. The zero-order chi connectivity index (χ0) is 20.6. The van der Waals surface area contributed by atoms with E-state index in [2.05, 4.69) is 21.7 Å². The van der Waals surface area contributed by atoms with Crippen LogP contribution in [0.15, 0.2) is 24.3 Å². The van der Waals surface area contributed by atoms with Crippen molar-refractivity contribution in [3.05, 3.63) is 29.3 Å². The number of amides is 4. The number of hydrazine groups is 1. The van der Waals surface area contributed by atoms with Crippen LogP contribution in [0.2, 0.25) is 0 Å². The van der Waals surface area contributed by atoms with Crippen molar-refractivity contribution in [1.29, 1.82) is 0 Å². The Morgan fingerprint density at radius 1 is 1.31 bits per heavy atom. The Bertz CT molecular complexity index is 919. The number of hydrogen-bond donors (Lipinski definition) is 2. The molecule has 3 heterocycles. The van der Waals surface area contributed by atoms with E-state index in [4.69, 9.17) is 4.98 Å². The summed E-state index contributed by atoms with van der Waals surface area (Å²) < 4.78 is 1.21. The van der Waals surface area contributed by atoms with Gasteiger partial charge in [0, 0.05) is 5.92 Å². The van der Waals surface area contributed by atoms with Crippen LogP contribution in [0.5, 0.6) is 0 Å². The summed E-state index contributed by atoms with van der Waals surface area (Å²) in [5.74, 6) is -0.372.